The van der Waals surface area contributed by atoms with Crippen molar-refractivity contribution in [1.82, 2.24) is 10.2 Å². The monoisotopic (exact) mass is 266 g/mol. The Bertz CT molecular complexity index is 269. The summed E-state index contributed by atoms with van der Waals surface area (Å²) in [6.07, 6.45) is 8.50. The van der Waals surface area contributed by atoms with Crippen molar-refractivity contribution in [3.05, 3.63) is 0 Å². The van der Waals surface area contributed by atoms with Crippen molar-refractivity contribution < 1.29 is 0 Å². The molecule has 0 bridgehead atoms. The van der Waals surface area contributed by atoms with E-state index < -0.39 is 0 Å². The fourth-order valence-corrected chi connectivity index (χ4v) is 3.98. The normalized spacial score (nSPS) is 35.1. The second-order valence-corrected chi connectivity index (χ2v) is 7.74. The second-order valence-electron chi connectivity index (χ2n) is 7.74. The van der Waals surface area contributed by atoms with Crippen LogP contribution in [-0.2, 0) is 0 Å². The quantitative estimate of drug-likeness (QED) is 0.820. The molecule has 19 heavy (non-hydrogen) atoms. The zero-order chi connectivity index (χ0) is 13.9. The molecule has 0 aromatic carbocycles. The molecule has 1 N–H and O–H groups in total. The van der Waals surface area contributed by atoms with E-state index in [0.29, 0.717) is 11.5 Å². The maximum Gasteiger partial charge on any atom is 0.0243 e. The summed E-state index contributed by atoms with van der Waals surface area (Å²) in [7, 11) is 0. The molecule has 1 heterocycles. The van der Waals surface area contributed by atoms with Crippen molar-refractivity contribution in [2.75, 3.05) is 19.6 Å². The van der Waals surface area contributed by atoms with Gasteiger partial charge in [-0.3, -0.25) is 4.90 Å². The fourth-order valence-electron chi connectivity index (χ4n) is 3.98. The number of nitrogens with zero attached hydrogens (tertiary/aromatic N) is 1. The highest BCUT2D eigenvalue weighted by Gasteiger charge is 2.34. The average Bonchev–Trinajstić information content (AvgIpc) is 2.64. The first-order valence-electron chi connectivity index (χ1n) is 8.49. The van der Waals surface area contributed by atoms with Crippen LogP contribution in [0.15, 0.2) is 0 Å². The van der Waals surface area contributed by atoms with Gasteiger partial charge in [-0.2, -0.15) is 0 Å². The van der Waals surface area contributed by atoms with Gasteiger partial charge in [0, 0.05) is 18.6 Å². The Morgan fingerprint density at radius 2 is 1.84 bits per heavy atom. The number of nitrogens with one attached hydrogen (secondary N) is 1. The van der Waals surface area contributed by atoms with E-state index in [0.717, 1.165) is 12.0 Å². The van der Waals surface area contributed by atoms with Crippen molar-refractivity contribution >= 4 is 0 Å². The lowest BCUT2D eigenvalue weighted by Crippen LogP contribution is -2.50. The highest BCUT2D eigenvalue weighted by molar-refractivity contribution is 4.91. The van der Waals surface area contributed by atoms with Crippen LogP contribution in [0.1, 0.15) is 66.2 Å². The van der Waals surface area contributed by atoms with Gasteiger partial charge in [-0.1, -0.05) is 47.0 Å². The van der Waals surface area contributed by atoms with Gasteiger partial charge in [0.1, 0.15) is 0 Å². The van der Waals surface area contributed by atoms with E-state index in [1.54, 1.807) is 0 Å². The highest BCUT2D eigenvalue weighted by Crippen LogP contribution is 2.32. The molecular weight excluding hydrogens is 232 g/mol. The van der Waals surface area contributed by atoms with Crippen molar-refractivity contribution in [1.29, 1.82) is 0 Å². The zero-order valence-corrected chi connectivity index (χ0v) is 13.5. The van der Waals surface area contributed by atoms with Gasteiger partial charge < -0.3 is 5.32 Å². The summed E-state index contributed by atoms with van der Waals surface area (Å²) in [4.78, 5) is 2.84. The number of hydrogen-bond donors (Lipinski definition) is 1. The van der Waals surface area contributed by atoms with E-state index in [1.807, 2.05) is 0 Å². The Morgan fingerprint density at radius 3 is 2.53 bits per heavy atom. The molecule has 2 aliphatic rings. The molecule has 0 amide bonds. The van der Waals surface area contributed by atoms with Gasteiger partial charge in [0.15, 0.2) is 0 Å². The molecule has 2 nitrogen and oxygen atoms in total. The van der Waals surface area contributed by atoms with E-state index >= 15 is 0 Å². The van der Waals surface area contributed by atoms with Gasteiger partial charge in [-0.15, -0.1) is 0 Å². The van der Waals surface area contributed by atoms with Crippen LogP contribution in [0.3, 0.4) is 0 Å². The van der Waals surface area contributed by atoms with E-state index in [2.05, 4.69) is 37.9 Å². The predicted molar refractivity (Wildman–Crippen MR) is 83.5 cm³/mol. The third-order valence-corrected chi connectivity index (χ3v) is 5.34. The van der Waals surface area contributed by atoms with Gasteiger partial charge in [0.05, 0.1) is 0 Å². The summed E-state index contributed by atoms with van der Waals surface area (Å²) in [6.45, 7) is 13.3. The molecule has 0 radical (unpaired) electrons. The summed E-state index contributed by atoms with van der Waals surface area (Å²) in [5.41, 5.74) is 0.374. The largest absolute Gasteiger partial charge is 0.312 e. The Hall–Kier alpha value is -0.0800. The van der Waals surface area contributed by atoms with Crippen LogP contribution < -0.4 is 5.32 Å². The maximum absolute atomic E-state index is 3.78. The van der Waals surface area contributed by atoms with E-state index in [9.17, 15) is 0 Å². The summed E-state index contributed by atoms with van der Waals surface area (Å²) in [6, 6.07) is 1.51. The summed E-state index contributed by atoms with van der Waals surface area (Å²) < 4.78 is 0. The lowest BCUT2D eigenvalue weighted by atomic mass is 9.80. The van der Waals surface area contributed by atoms with E-state index in [-0.39, 0.29) is 0 Å². The Balaban J connectivity index is 2.04. The topological polar surface area (TPSA) is 15.3 Å². The molecule has 2 fully saturated rings. The van der Waals surface area contributed by atoms with Gasteiger partial charge in [-0.25, -0.2) is 0 Å². The van der Waals surface area contributed by atoms with Crippen LogP contribution in [0.4, 0.5) is 0 Å². The minimum absolute atomic E-state index is 0.374. The van der Waals surface area contributed by atoms with Gasteiger partial charge in [0.25, 0.3) is 0 Å². The Kier molecular flexibility index (Phi) is 5.30. The van der Waals surface area contributed by atoms with Crippen LogP contribution >= 0.6 is 0 Å². The molecule has 0 spiro atoms. The van der Waals surface area contributed by atoms with Gasteiger partial charge in [0.2, 0.25) is 0 Å². The lowest BCUT2D eigenvalue weighted by molar-refractivity contribution is 0.0842. The highest BCUT2D eigenvalue weighted by atomic mass is 15.2. The van der Waals surface area contributed by atoms with Crippen molar-refractivity contribution in [3.8, 4) is 0 Å². The van der Waals surface area contributed by atoms with Gasteiger partial charge >= 0.3 is 0 Å². The minimum atomic E-state index is 0.374. The van der Waals surface area contributed by atoms with Crippen molar-refractivity contribution in [2.24, 2.45) is 11.3 Å². The second kappa shape index (κ2) is 6.58. The molecule has 112 valence electrons. The molecule has 2 rings (SSSR count). The average molecular weight is 266 g/mol. The fraction of sp³-hybridized carbons (Fsp3) is 1.00. The zero-order valence-electron chi connectivity index (χ0n) is 13.5. The summed E-state index contributed by atoms with van der Waals surface area (Å²) in [5.74, 6) is 0.951. The Morgan fingerprint density at radius 1 is 1.11 bits per heavy atom. The first-order chi connectivity index (χ1) is 9.02. The van der Waals surface area contributed by atoms with Crippen LogP contribution in [0, 0.1) is 11.3 Å². The molecule has 3 atom stereocenters. The summed E-state index contributed by atoms with van der Waals surface area (Å²) >= 11 is 0. The summed E-state index contributed by atoms with van der Waals surface area (Å²) in [5, 5.41) is 3.78. The molecule has 1 saturated carbocycles. The smallest absolute Gasteiger partial charge is 0.0243 e. The van der Waals surface area contributed by atoms with E-state index in [4.69, 9.17) is 0 Å². The molecular formula is C17H34N2. The van der Waals surface area contributed by atoms with Crippen LogP contribution in [0.5, 0.6) is 0 Å². The predicted octanol–water partition coefficient (Wildman–Crippen LogP) is 3.67. The van der Waals surface area contributed by atoms with Gasteiger partial charge in [-0.05, 0) is 43.7 Å². The third-order valence-electron chi connectivity index (χ3n) is 5.34. The van der Waals surface area contributed by atoms with E-state index in [1.165, 1.54) is 58.2 Å². The van der Waals surface area contributed by atoms with Crippen LogP contribution in [-0.4, -0.2) is 36.6 Å². The maximum atomic E-state index is 3.78. The Labute approximate surface area is 120 Å². The number of rotatable bonds is 2. The molecule has 1 aliphatic carbocycles. The van der Waals surface area contributed by atoms with Crippen LogP contribution in [0.25, 0.3) is 0 Å². The molecule has 1 saturated heterocycles. The first kappa shape index (κ1) is 15.3. The first-order valence-corrected chi connectivity index (χ1v) is 8.49. The standard InChI is InChI=1S/C17H34N2/c1-5-14-9-6-7-10-15(14)19-12-8-11-18-16(13-19)17(2,3)4/h14-16,18H,5-13H2,1-4H3. The minimum Gasteiger partial charge on any atom is -0.312 e. The number of hydrogen-bond acceptors (Lipinski definition) is 2. The van der Waals surface area contributed by atoms with Crippen molar-refractivity contribution in [3.63, 3.8) is 0 Å². The molecule has 3 unspecified atom stereocenters. The molecule has 0 aromatic rings. The lowest BCUT2D eigenvalue weighted by Gasteiger charge is -2.42. The SMILES string of the molecule is CCC1CCCCC1N1CCCNC(C(C)(C)C)C1. The molecule has 2 heteroatoms. The molecule has 1 aliphatic heterocycles. The third kappa shape index (κ3) is 3.95. The molecule has 0 aromatic heterocycles. The van der Waals surface area contributed by atoms with Crippen LogP contribution in [0.2, 0.25) is 0 Å². The van der Waals surface area contributed by atoms with Crippen molar-refractivity contribution in [2.45, 2.75) is 78.3 Å².